The number of aliphatic hydroxyl groups is 1. The number of hydrogen-bond acceptors (Lipinski definition) is 6. The fourth-order valence-electron chi connectivity index (χ4n) is 4.32. The predicted octanol–water partition coefficient (Wildman–Crippen LogP) is 4.54. The van der Waals surface area contributed by atoms with E-state index in [1.54, 1.807) is 42.5 Å². The minimum Gasteiger partial charge on any atom is -0.507 e. The van der Waals surface area contributed by atoms with Crippen molar-refractivity contribution in [2.75, 3.05) is 46.0 Å². The van der Waals surface area contributed by atoms with E-state index < -0.39 is 17.7 Å². The summed E-state index contributed by atoms with van der Waals surface area (Å²) in [6.07, 6.45) is 0.835. The number of ketones is 1. The molecule has 0 radical (unpaired) electrons. The number of likely N-dealkylation sites (tertiary alicyclic amines) is 1. The van der Waals surface area contributed by atoms with Gasteiger partial charge in [-0.05, 0) is 36.2 Å². The number of ether oxygens (including phenoxy) is 2. The molecular formula is C26H28Cl2N2O5. The third-order valence-corrected chi connectivity index (χ3v) is 6.88. The Morgan fingerprint density at radius 2 is 1.86 bits per heavy atom. The molecule has 2 saturated heterocycles. The molecule has 35 heavy (non-hydrogen) atoms. The molecule has 2 aromatic rings. The second-order valence-corrected chi connectivity index (χ2v) is 9.31. The summed E-state index contributed by atoms with van der Waals surface area (Å²) in [7, 11) is 0. The van der Waals surface area contributed by atoms with E-state index in [-0.39, 0.29) is 11.3 Å². The summed E-state index contributed by atoms with van der Waals surface area (Å²) < 4.78 is 11.1. The topological polar surface area (TPSA) is 79.3 Å². The van der Waals surface area contributed by atoms with Gasteiger partial charge in [0.15, 0.2) is 0 Å². The van der Waals surface area contributed by atoms with Crippen molar-refractivity contribution >= 4 is 40.7 Å². The standard InChI is InChI=1S/C26H28Cl2N2O5/c1-2-12-35-19-5-3-4-18(15-19)24(31)22-23(17-6-7-20(27)21(28)16-17)30(26(33)25(22)32)9-8-29-10-13-34-14-11-29/h3-7,15-16,23,31H,2,8-14H2,1H3. The van der Waals surface area contributed by atoms with Crippen LogP contribution >= 0.6 is 23.2 Å². The van der Waals surface area contributed by atoms with Crippen molar-refractivity contribution in [1.29, 1.82) is 0 Å². The number of morpholine rings is 1. The summed E-state index contributed by atoms with van der Waals surface area (Å²) in [4.78, 5) is 30.1. The number of halogens is 2. The average Bonchev–Trinajstić information content (AvgIpc) is 3.13. The van der Waals surface area contributed by atoms with Crippen LogP contribution in [0.15, 0.2) is 48.0 Å². The molecule has 2 fully saturated rings. The summed E-state index contributed by atoms with van der Waals surface area (Å²) in [5.41, 5.74) is 1.01. The molecule has 7 nitrogen and oxygen atoms in total. The van der Waals surface area contributed by atoms with Gasteiger partial charge in [0, 0.05) is 31.7 Å². The lowest BCUT2D eigenvalue weighted by atomic mass is 9.95. The molecular weight excluding hydrogens is 491 g/mol. The highest BCUT2D eigenvalue weighted by atomic mass is 35.5. The van der Waals surface area contributed by atoms with Crippen LogP contribution in [-0.2, 0) is 14.3 Å². The highest BCUT2D eigenvalue weighted by Gasteiger charge is 2.46. The lowest BCUT2D eigenvalue weighted by molar-refractivity contribution is -0.140. The molecule has 2 aliphatic heterocycles. The van der Waals surface area contributed by atoms with Gasteiger partial charge in [-0.15, -0.1) is 0 Å². The van der Waals surface area contributed by atoms with E-state index in [1.165, 1.54) is 4.90 Å². The first-order valence-electron chi connectivity index (χ1n) is 11.7. The van der Waals surface area contributed by atoms with Crippen molar-refractivity contribution < 1.29 is 24.2 Å². The van der Waals surface area contributed by atoms with E-state index in [0.29, 0.717) is 59.8 Å². The summed E-state index contributed by atoms with van der Waals surface area (Å²) in [5, 5.41) is 12.0. The molecule has 0 aromatic heterocycles. The average molecular weight is 519 g/mol. The van der Waals surface area contributed by atoms with Crippen LogP contribution in [0.1, 0.15) is 30.5 Å². The molecule has 0 saturated carbocycles. The number of carbonyl (C=O) groups is 2. The normalized spacial score (nSPS) is 20.4. The largest absolute Gasteiger partial charge is 0.507 e. The van der Waals surface area contributed by atoms with Crippen LogP contribution in [0.25, 0.3) is 5.76 Å². The molecule has 2 aromatic carbocycles. The Morgan fingerprint density at radius 3 is 2.57 bits per heavy atom. The zero-order valence-corrected chi connectivity index (χ0v) is 21.0. The van der Waals surface area contributed by atoms with Crippen molar-refractivity contribution in [3.63, 3.8) is 0 Å². The van der Waals surface area contributed by atoms with E-state index >= 15 is 0 Å². The van der Waals surface area contributed by atoms with Gasteiger partial charge >= 0.3 is 0 Å². The molecule has 2 aliphatic rings. The fourth-order valence-corrected chi connectivity index (χ4v) is 4.63. The Morgan fingerprint density at radius 1 is 1.09 bits per heavy atom. The smallest absolute Gasteiger partial charge is 0.295 e. The minimum atomic E-state index is -0.800. The highest BCUT2D eigenvalue weighted by molar-refractivity contribution is 6.46. The second-order valence-electron chi connectivity index (χ2n) is 8.50. The van der Waals surface area contributed by atoms with Gasteiger partial charge in [-0.3, -0.25) is 14.5 Å². The summed E-state index contributed by atoms with van der Waals surface area (Å²) in [6, 6.07) is 11.1. The van der Waals surface area contributed by atoms with E-state index in [4.69, 9.17) is 32.7 Å². The molecule has 1 N–H and O–H groups in total. The molecule has 186 valence electrons. The zero-order chi connectivity index (χ0) is 24.9. The maximum absolute atomic E-state index is 13.2. The van der Waals surface area contributed by atoms with Gasteiger partial charge in [-0.2, -0.15) is 0 Å². The highest BCUT2D eigenvalue weighted by Crippen LogP contribution is 2.41. The van der Waals surface area contributed by atoms with E-state index in [2.05, 4.69) is 4.90 Å². The van der Waals surface area contributed by atoms with Crippen molar-refractivity contribution in [3.8, 4) is 5.75 Å². The van der Waals surface area contributed by atoms with Gasteiger partial charge in [0.2, 0.25) is 0 Å². The second kappa shape index (κ2) is 11.4. The lowest BCUT2D eigenvalue weighted by Crippen LogP contribution is -2.42. The Labute approximate surface area is 214 Å². The Hall–Kier alpha value is -2.58. The number of aliphatic hydroxyl groups excluding tert-OH is 1. The van der Waals surface area contributed by atoms with Crippen molar-refractivity contribution in [2.45, 2.75) is 19.4 Å². The van der Waals surface area contributed by atoms with Gasteiger partial charge in [-0.25, -0.2) is 0 Å². The van der Waals surface area contributed by atoms with Crippen LogP contribution in [-0.4, -0.2) is 72.6 Å². The predicted molar refractivity (Wildman–Crippen MR) is 135 cm³/mol. The molecule has 0 bridgehead atoms. The van der Waals surface area contributed by atoms with E-state index in [9.17, 15) is 14.7 Å². The third kappa shape index (κ3) is 5.64. The molecule has 0 aliphatic carbocycles. The third-order valence-electron chi connectivity index (χ3n) is 6.14. The van der Waals surface area contributed by atoms with Gasteiger partial charge in [0.05, 0.1) is 41.5 Å². The molecule has 1 atom stereocenters. The van der Waals surface area contributed by atoms with Crippen LogP contribution in [0, 0.1) is 0 Å². The lowest BCUT2D eigenvalue weighted by Gasteiger charge is -2.31. The maximum atomic E-state index is 13.2. The molecule has 9 heteroatoms. The number of carbonyl (C=O) groups excluding carboxylic acids is 2. The van der Waals surface area contributed by atoms with Gasteiger partial charge in [0.1, 0.15) is 11.5 Å². The summed E-state index contributed by atoms with van der Waals surface area (Å²) in [5.74, 6) is -1.08. The van der Waals surface area contributed by atoms with Crippen LogP contribution in [0.3, 0.4) is 0 Å². The van der Waals surface area contributed by atoms with Crippen LogP contribution < -0.4 is 4.74 Å². The van der Waals surface area contributed by atoms with E-state index in [1.807, 2.05) is 6.92 Å². The Bertz CT molecular complexity index is 1130. The monoisotopic (exact) mass is 518 g/mol. The quantitative estimate of drug-likeness (QED) is 0.314. The van der Waals surface area contributed by atoms with Crippen LogP contribution in [0.2, 0.25) is 10.0 Å². The molecule has 1 unspecified atom stereocenters. The van der Waals surface area contributed by atoms with Crippen LogP contribution in [0.4, 0.5) is 0 Å². The first-order chi connectivity index (χ1) is 16.9. The van der Waals surface area contributed by atoms with E-state index in [0.717, 1.165) is 19.5 Å². The Balaban J connectivity index is 1.74. The van der Waals surface area contributed by atoms with Gasteiger partial charge in [0.25, 0.3) is 11.7 Å². The molecule has 4 rings (SSSR count). The maximum Gasteiger partial charge on any atom is 0.295 e. The first kappa shape index (κ1) is 25.5. The fraction of sp³-hybridized carbons (Fsp3) is 0.385. The number of nitrogens with zero attached hydrogens (tertiary/aromatic N) is 2. The van der Waals surface area contributed by atoms with Crippen molar-refractivity contribution in [3.05, 3.63) is 69.2 Å². The number of Topliss-reactive ketones (excluding diaryl/α,β-unsaturated/α-hetero) is 1. The SMILES string of the molecule is CCCOc1cccc(C(O)=C2C(=O)C(=O)N(CCN3CCOCC3)C2c2ccc(Cl)c(Cl)c2)c1. The minimum absolute atomic E-state index is 0.0167. The van der Waals surface area contributed by atoms with Crippen LogP contribution in [0.5, 0.6) is 5.75 Å². The summed E-state index contributed by atoms with van der Waals surface area (Å²) >= 11 is 12.4. The number of rotatable bonds is 8. The summed E-state index contributed by atoms with van der Waals surface area (Å²) in [6.45, 7) is 6.19. The number of hydrogen-bond donors (Lipinski definition) is 1. The number of amides is 1. The molecule has 2 heterocycles. The van der Waals surface area contributed by atoms with Crippen molar-refractivity contribution in [2.24, 2.45) is 0 Å². The zero-order valence-electron chi connectivity index (χ0n) is 19.5. The molecule has 0 spiro atoms. The first-order valence-corrected chi connectivity index (χ1v) is 12.4. The number of benzene rings is 2. The molecule has 1 amide bonds. The van der Waals surface area contributed by atoms with Gasteiger partial charge in [-0.1, -0.05) is 48.3 Å². The van der Waals surface area contributed by atoms with Gasteiger partial charge < -0.3 is 19.5 Å². The van der Waals surface area contributed by atoms with Crippen molar-refractivity contribution in [1.82, 2.24) is 9.80 Å². The Kier molecular flexibility index (Phi) is 8.34.